The Balaban J connectivity index is 1.74. The highest BCUT2D eigenvalue weighted by Gasteiger charge is 2.11. The van der Waals surface area contributed by atoms with Crippen molar-refractivity contribution in [2.24, 2.45) is 5.10 Å². The number of nitrogens with one attached hydrogen (secondary N) is 1. The molecule has 0 saturated carbocycles. The highest BCUT2D eigenvalue weighted by atomic mass is 79.9. The monoisotopic (exact) mass is 422 g/mol. The molecule has 6 heteroatoms. The molecule has 0 aliphatic carbocycles. The number of halogens is 1. The first-order valence-corrected chi connectivity index (χ1v) is 8.88. The Bertz CT molecular complexity index is 973. The van der Waals surface area contributed by atoms with Gasteiger partial charge in [-0.25, -0.2) is 10.2 Å². The minimum atomic E-state index is -0.471. The van der Waals surface area contributed by atoms with E-state index in [4.69, 9.17) is 4.74 Å². The van der Waals surface area contributed by atoms with Gasteiger partial charge in [0.15, 0.2) is 0 Å². The summed E-state index contributed by atoms with van der Waals surface area (Å²) >= 11 is 3.38. The van der Waals surface area contributed by atoms with Crippen LogP contribution in [-0.4, -0.2) is 18.1 Å². The van der Waals surface area contributed by atoms with Gasteiger partial charge in [0.05, 0.1) is 11.8 Å². The quantitative estimate of drug-likeness (QED) is 0.286. The summed E-state index contributed by atoms with van der Waals surface area (Å²) in [5.41, 5.74) is 3.94. The van der Waals surface area contributed by atoms with Gasteiger partial charge in [-0.1, -0.05) is 52.3 Å². The molecule has 134 valence electrons. The van der Waals surface area contributed by atoms with Crippen LogP contribution in [0, 0.1) is 0 Å². The number of benzene rings is 3. The molecular formula is C21H15BrN2O3. The van der Waals surface area contributed by atoms with Gasteiger partial charge >= 0.3 is 5.97 Å². The molecule has 0 radical (unpaired) electrons. The lowest BCUT2D eigenvalue weighted by atomic mass is 10.2. The van der Waals surface area contributed by atoms with Crippen molar-refractivity contribution in [2.45, 2.75) is 0 Å². The first kappa shape index (κ1) is 18.5. The van der Waals surface area contributed by atoms with Crippen molar-refractivity contribution in [2.75, 3.05) is 0 Å². The second kappa shape index (κ2) is 8.91. The second-order valence-electron chi connectivity index (χ2n) is 5.50. The Labute approximate surface area is 164 Å². The summed E-state index contributed by atoms with van der Waals surface area (Å²) in [7, 11) is 0. The highest BCUT2D eigenvalue weighted by Crippen LogP contribution is 2.23. The number of nitrogens with zero attached hydrogens (tertiary/aromatic N) is 1. The zero-order valence-electron chi connectivity index (χ0n) is 14.1. The molecule has 0 unspecified atom stereocenters. The van der Waals surface area contributed by atoms with Crippen LogP contribution < -0.4 is 10.2 Å². The fourth-order valence-corrected chi connectivity index (χ4v) is 2.64. The molecule has 0 fully saturated rings. The Hall–Kier alpha value is -3.25. The maximum Gasteiger partial charge on any atom is 0.343 e. The molecule has 3 aromatic carbocycles. The van der Waals surface area contributed by atoms with E-state index in [9.17, 15) is 9.59 Å². The zero-order chi connectivity index (χ0) is 19.1. The summed E-state index contributed by atoms with van der Waals surface area (Å²) in [6, 6.07) is 22.6. The molecule has 3 aromatic rings. The van der Waals surface area contributed by atoms with E-state index in [-0.39, 0.29) is 5.91 Å². The third-order valence-corrected chi connectivity index (χ3v) is 4.08. The predicted molar refractivity (Wildman–Crippen MR) is 107 cm³/mol. The van der Waals surface area contributed by atoms with Crippen LogP contribution in [0.25, 0.3) is 0 Å². The Morgan fingerprint density at radius 1 is 0.889 bits per heavy atom. The van der Waals surface area contributed by atoms with Gasteiger partial charge in [-0.05, 0) is 42.5 Å². The summed E-state index contributed by atoms with van der Waals surface area (Å²) in [6.07, 6.45) is 1.43. The van der Waals surface area contributed by atoms with Crippen LogP contribution >= 0.6 is 15.9 Å². The van der Waals surface area contributed by atoms with Crippen molar-refractivity contribution in [3.05, 3.63) is 100 Å². The Kier molecular flexibility index (Phi) is 6.12. The van der Waals surface area contributed by atoms with Crippen LogP contribution in [0.15, 0.2) is 88.4 Å². The molecule has 0 spiro atoms. The average molecular weight is 423 g/mol. The molecule has 0 heterocycles. The fraction of sp³-hybridized carbons (Fsp3) is 0. The van der Waals surface area contributed by atoms with E-state index in [2.05, 4.69) is 26.5 Å². The van der Waals surface area contributed by atoms with Gasteiger partial charge in [-0.15, -0.1) is 0 Å². The van der Waals surface area contributed by atoms with Gasteiger partial charge in [0, 0.05) is 15.6 Å². The van der Waals surface area contributed by atoms with Crippen LogP contribution in [0.4, 0.5) is 0 Å². The van der Waals surface area contributed by atoms with E-state index in [1.54, 1.807) is 66.7 Å². The molecule has 0 aromatic heterocycles. The van der Waals surface area contributed by atoms with Gasteiger partial charge < -0.3 is 4.74 Å². The molecule has 0 aliphatic rings. The summed E-state index contributed by atoms with van der Waals surface area (Å²) in [4.78, 5) is 24.3. The third-order valence-electron chi connectivity index (χ3n) is 3.59. The van der Waals surface area contributed by atoms with Gasteiger partial charge in [0.25, 0.3) is 5.91 Å². The summed E-state index contributed by atoms with van der Waals surface area (Å²) in [5.74, 6) is -0.463. The fourth-order valence-electron chi connectivity index (χ4n) is 2.26. The molecule has 0 bridgehead atoms. The van der Waals surface area contributed by atoms with Crippen LogP contribution in [0.5, 0.6) is 5.75 Å². The number of esters is 1. The van der Waals surface area contributed by atoms with E-state index in [1.165, 1.54) is 6.21 Å². The number of rotatable bonds is 5. The van der Waals surface area contributed by atoms with Gasteiger partial charge in [-0.2, -0.15) is 5.10 Å². The summed E-state index contributed by atoms with van der Waals surface area (Å²) < 4.78 is 6.25. The van der Waals surface area contributed by atoms with Crippen molar-refractivity contribution >= 4 is 34.0 Å². The molecule has 1 amide bonds. The SMILES string of the molecule is O=C(NN=Cc1cc(Br)ccc1OC(=O)c1ccccc1)c1ccccc1. The lowest BCUT2D eigenvalue weighted by Gasteiger charge is -2.08. The van der Waals surface area contributed by atoms with Gasteiger partial charge in [0.1, 0.15) is 5.75 Å². The molecule has 0 aliphatic heterocycles. The predicted octanol–water partition coefficient (Wildman–Crippen LogP) is 4.43. The van der Waals surface area contributed by atoms with Crippen LogP contribution in [-0.2, 0) is 0 Å². The molecule has 0 saturated heterocycles. The van der Waals surface area contributed by atoms with E-state index in [1.807, 2.05) is 12.1 Å². The van der Waals surface area contributed by atoms with Crippen molar-refractivity contribution in [1.29, 1.82) is 0 Å². The minimum Gasteiger partial charge on any atom is -0.422 e. The van der Waals surface area contributed by atoms with Crippen molar-refractivity contribution in [1.82, 2.24) is 5.43 Å². The van der Waals surface area contributed by atoms with E-state index < -0.39 is 5.97 Å². The smallest absolute Gasteiger partial charge is 0.343 e. The maximum atomic E-state index is 12.3. The first-order chi connectivity index (χ1) is 13.1. The summed E-state index contributed by atoms with van der Waals surface area (Å²) in [5, 5.41) is 3.96. The average Bonchev–Trinajstić information content (AvgIpc) is 2.71. The standard InChI is InChI=1S/C21H15BrN2O3/c22-18-11-12-19(27-21(26)16-9-5-2-6-10-16)17(13-18)14-23-24-20(25)15-7-3-1-4-8-15/h1-14H,(H,24,25). The second-order valence-corrected chi connectivity index (χ2v) is 6.42. The number of hydrogen-bond donors (Lipinski definition) is 1. The molecular weight excluding hydrogens is 408 g/mol. The van der Waals surface area contributed by atoms with Crippen LogP contribution in [0.3, 0.4) is 0 Å². The minimum absolute atomic E-state index is 0.329. The normalized spacial score (nSPS) is 10.6. The Morgan fingerprint density at radius 2 is 1.52 bits per heavy atom. The number of ether oxygens (including phenoxy) is 1. The molecule has 0 atom stereocenters. The summed E-state index contributed by atoms with van der Waals surface area (Å²) in [6.45, 7) is 0. The number of carbonyl (C=O) groups excluding carboxylic acids is 2. The number of amides is 1. The molecule has 1 N–H and O–H groups in total. The molecule has 3 rings (SSSR count). The van der Waals surface area contributed by atoms with E-state index >= 15 is 0 Å². The zero-order valence-corrected chi connectivity index (χ0v) is 15.7. The lowest BCUT2D eigenvalue weighted by Crippen LogP contribution is -2.17. The van der Waals surface area contributed by atoms with Crippen molar-refractivity contribution < 1.29 is 14.3 Å². The van der Waals surface area contributed by atoms with Gasteiger partial charge in [-0.3, -0.25) is 4.79 Å². The third kappa shape index (κ3) is 5.12. The van der Waals surface area contributed by atoms with Crippen LogP contribution in [0.1, 0.15) is 26.3 Å². The van der Waals surface area contributed by atoms with Gasteiger partial charge in [0.2, 0.25) is 0 Å². The number of hydrazone groups is 1. The maximum absolute atomic E-state index is 12.3. The van der Waals surface area contributed by atoms with Crippen molar-refractivity contribution in [3.8, 4) is 5.75 Å². The van der Waals surface area contributed by atoms with E-state index in [0.717, 1.165) is 4.47 Å². The number of carbonyl (C=O) groups is 2. The number of hydrogen-bond acceptors (Lipinski definition) is 4. The topological polar surface area (TPSA) is 67.8 Å². The van der Waals surface area contributed by atoms with Crippen molar-refractivity contribution in [3.63, 3.8) is 0 Å². The molecule has 5 nitrogen and oxygen atoms in total. The lowest BCUT2D eigenvalue weighted by molar-refractivity contribution is 0.0734. The van der Waals surface area contributed by atoms with E-state index in [0.29, 0.717) is 22.4 Å². The highest BCUT2D eigenvalue weighted by molar-refractivity contribution is 9.10. The molecule has 27 heavy (non-hydrogen) atoms. The van der Waals surface area contributed by atoms with Crippen LogP contribution in [0.2, 0.25) is 0 Å². The Morgan fingerprint density at radius 3 is 2.19 bits per heavy atom. The largest absolute Gasteiger partial charge is 0.422 e. The first-order valence-electron chi connectivity index (χ1n) is 8.09.